The van der Waals surface area contributed by atoms with Gasteiger partial charge in [-0.3, -0.25) is 25.2 Å². The Bertz CT molecular complexity index is 428. The van der Waals surface area contributed by atoms with Crippen LogP contribution in [0, 0.1) is 0 Å². The Morgan fingerprint density at radius 2 is 2.29 bits per heavy atom. The van der Waals surface area contributed by atoms with Crippen molar-refractivity contribution in [3.8, 4) is 0 Å². The zero-order valence-electron chi connectivity index (χ0n) is 9.17. The van der Waals surface area contributed by atoms with E-state index < -0.39 is 30.0 Å². The van der Waals surface area contributed by atoms with Crippen molar-refractivity contribution in [2.24, 2.45) is 15.7 Å². The highest BCUT2D eigenvalue weighted by Gasteiger charge is 2.36. The van der Waals surface area contributed by atoms with Crippen molar-refractivity contribution in [2.75, 3.05) is 6.54 Å². The van der Waals surface area contributed by atoms with Crippen molar-refractivity contribution in [1.29, 1.82) is 0 Å². The minimum atomic E-state index is -1.13. The molecular formula is C9H13N5O3. The van der Waals surface area contributed by atoms with Crippen LogP contribution in [0.5, 0.6) is 0 Å². The van der Waals surface area contributed by atoms with Gasteiger partial charge in [0, 0.05) is 6.54 Å². The van der Waals surface area contributed by atoms with Crippen molar-refractivity contribution >= 4 is 23.4 Å². The van der Waals surface area contributed by atoms with Crippen molar-refractivity contribution in [2.45, 2.75) is 25.2 Å². The molecule has 3 atom stereocenters. The molecule has 2 heterocycles. The van der Waals surface area contributed by atoms with Gasteiger partial charge in [0.15, 0.2) is 12.0 Å². The second kappa shape index (κ2) is 4.22. The lowest BCUT2D eigenvalue weighted by Gasteiger charge is -2.30. The van der Waals surface area contributed by atoms with Crippen LogP contribution in [0.2, 0.25) is 0 Å². The van der Waals surface area contributed by atoms with Gasteiger partial charge in [-0.2, -0.15) is 0 Å². The number of ketones is 1. The molecule has 5 N–H and O–H groups in total. The third kappa shape index (κ3) is 2.17. The Morgan fingerprint density at radius 3 is 2.94 bits per heavy atom. The van der Waals surface area contributed by atoms with Crippen molar-refractivity contribution in [3.05, 3.63) is 0 Å². The number of nitrogens with zero attached hydrogens (tertiary/aromatic N) is 2. The van der Waals surface area contributed by atoms with Crippen LogP contribution < -0.4 is 16.4 Å². The number of aliphatic imine (C=N–C) groups is 2. The van der Waals surface area contributed by atoms with Crippen LogP contribution in [-0.2, 0) is 9.59 Å². The van der Waals surface area contributed by atoms with E-state index in [0.717, 1.165) is 0 Å². The van der Waals surface area contributed by atoms with E-state index in [2.05, 4.69) is 20.6 Å². The monoisotopic (exact) mass is 239 g/mol. The third-order valence-corrected chi connectivity index (χ3v) is 2.53. The van der Waals surface area contributed by atoms with Gasteiger partial charge in [-0.05, 0) is 6.92 Å². The van der Waals surface area contributed by atoms with E-state index in [1.807, 2.05) is 0 Å². The van der Waals surface area contributed by atoms with Gasteiger partial charge in [0.1, 0.15) is 12.3 Å². The number of nitrogens with one attached hydrogen (secondary N) is 2. The summed E-state index contributed by atoms with van der Waals surface area (Å²) in [6.07, 6.45) is -1.68. The first-order valence-electron chi connectivity index (χ1n) is 5.15. The lowest BCUT2D eigenvalue weighted by molar-refractivity contribution is -0.122. The maximum absolute atomic E-state index is 11.6. The summed E-state index contributed by atoms with van der Waals surface area (Å²) in [6.45, 7) is 1.52. The summed E-state index contributed by atoms with van der Waals surface area (Å²) in [5.74, 6) is -0.874. The predicted octanol–water partition coefficient (Wildman–Crippen LogP) is -2.88. The number of aliphatic hydroxyl groups is 1. The highest BCUT2D eigenvalue weighted by molar-refractivity contribution is 6.42. The van der Waals surface area contributed by atoms with Crippen molar-refractivity contribution < 1.29 is 14.7 Å². The summed E-state index contributed by atoms with van der Waals surface area (Å²) in [5, 5.41) is 14.4. The molecule has 8 nitrogen and oxygen atoms in total. The Hall–Kier alpha value is -1.80. The number of carbonyl (C=O) groups is 2. The molecule has 2 rings (SSSR count). The van der Waals surface area contributed by atoms with Crippen LogP contribution in [-0.4, -0.2) is 53.3 Å². The molecule has 0 bridgehead atoms. The van der Waals surface area contributed by atoms with E-state index >= 15 is 0 Å². The van der Waals surface area contributed by atoms with E-state index in [-0.39, 0.29) is 18.2 Å². The molecule has 92 valence electrons. The Kier molecular flexibility index (Phi) is 2.90. The summed E-state index contributed by atoms with van der Waals surface area (Å²) >= 11 is 0. The number of fused-ring (bicyclic) bond motifs is 1. The van der Waals surface area contributed by atoms with Gasteiger partial charge in [0.05, 0.1) is 5.71 Å². The number of aliphatic hydroxyl groups excluding tert-OH is 1. The minimum Gasteiger partial charge on any atom is -0.385 e. The summed E-state index contributed by atoms with van der Waals surface area (Å²) in [4.78, 5) is 31.1. The van der Waals surface area contributed by atoms with Gasteiger partial charge >= 0.3 is 0 Å². The molecule has 1 amide bonds. The second-order valence-corrected chi connectivity index (χ2v) is 3.89. The molecule has 2 aliphatic rings. The molecule has 17 heavy (non-hydrogen) atoms. The normalized spacial score (nSPS) is 29.6. The molecule has 0 aromatic carbocycles. The SMILES string of the molecule is CC(O)C(=O)C1=NC2C(=O)NC(N)=NC2NC1. The van der Waals surface area contributed by atoms with Gasteiger partial charge in [0.2, 0.25) is 5.78 Å². The molecule has 0 fully saturated rings. The van der Waals surface area contributed by atoms with Crippen LogP contribution in [0.1, 0.15) is 6.92 Å². The first kappa shape index (κ1) is 11.7. The Morgan fingerprint density at radius 1 is 1.59 bits per heavy atom. The van der Waals surface area contributed by atoms with Gasteiger partial charge in [0.25, 0.3) is 5.91 Å². The first-order valence-corrected chi connectivity index (χ1v) is 5.15. The lowest BCUT2D eigenvalue weighted by atomic mass is 10.1. The van der Waals surface area contributed by atoms with E-state index in [1.165, 1.54) is 6.92 Å². The van der Waals surface area contributed by atoms with E-state index in [4.69, 9.17) is 5.73 Å². The number of hydrogen-bond donors (Lipinski definition) is 4. The van der Waals surface area contributed by atoms with Gasteiger partial charge in [-0.1, -0.05) is 0 Å². The fraction of sp³-hybridized carbons (Fsp3) is 0.556. The fourth-order valence-corrected chi connectivity index (χ4v) is 1.69. The molecule has 0 saturated carbocycles. The van der Waals surface area contributed by atoms with E-state index in [1.54, 1.807) is 0 Å². The van der Waals surface area contributed by atoms with E-state index in [0.29, 0.717) is 0 Å². The molecule has 0 saturated heterocycles. The predicted molar refractivity (Wildman–Crippen MR) is 59.5 cm³/mol. The van der Waals surface area contributed by atoms with E-state index in [9.17, 15) is 14.7 Å². The third-order valence-electron chi connectivity index (χ3n) is 2.53. The molecule has 3 unspecified atom stereocenters. The Balaban J connectivity index is 2.25. The average Bonchev–Trinajstić information content (AvgIpc) is 2.27. The number of hydrogen-bond acceptors (Lipinski definition) is 7. The highest BCUT2D eigenvalue weighted by Crippen LogP contribution is 2.11. The maximum Gasteiger partial charge on any atom is 0.255 e. The molecule has 8 heteroatoms. The van der Waals surface area contributed by atoms with Gasteiger partial charge < -0.3 is 10.8 Å². The number of guanidine groups is 1. The number of Topliss-reactive ketones (excluding diaryl/α,β-unsaturated/α-hetero) is 1. The largest absolute Gasteiger partial charge is 0.385 e. The average molecular weight is 239 g/mol. The summed E-state index contributed by atoms with van der Waals surface area (Å²) in [6, 6.07) is -0.811. The number of carbonyl (C=O) groups excluding carboxylic acids is 2. The molecule has 0 aromatic heterocycles. The molecular weight excluding hydrogens is 226 g/mol. The first-order chi connectivity index (χ1) is 7.99. The fourth-order valence-electron chi connectivity index (χ4n) is 1.69. The van der Waals surface area contributed by atoms with Crippen molar-refractivity contribution in [3.63, 3.8) is 0 Å². The molecule has 2 aliphatic heterocycles. The summed E-state index contributed by atoms with van der Waals surface area (Å²) in [5.41, 5.74) is 5.54. The number of nitrogens with two attached hydrogens (primary N) is 1. The molecule has 0 aromatic rings. The summed E-state index contributed by atoms with van der Waals surface area (Å²) in [7, 11) is 0. The Labute approximate surface area is 97.0 Å². The topological polar surface area (TPSA) is 129 Å². The quantitative estimate of drug-likeness (QED) is 0.411. The lowest BCUT2D eigenvalue weighted by Crippen LogP contribution is -2.59. The summed E-state index contributed by atoms with van der Waals surface area (Å²) < 4.78 is 0. The van der Waals surface area contributed by atoms with Crippen LogP contribution in [0.15, 0.2) is 9.98 Å². The van der Waals surface area contributed by atoms with Crippen LogP contribution in [0.4, 0.5) is 0 Å². The highest BCUT2D eigenvalue weighted by atomic mass is 16.3. The van der Waals surface area contributed by atoms with Crippen molar-refractivity contribution in [1.82, 2.24) is 10.6 Å². The minimum absolute atomic E-state index is 0.0317. The molecule has 0 radical (unpaired) electrons. The van der Waals surface area contributed by atoms with Crippen LogP contribution in [0.3, 0.4) is 0 Å². The van der Waals surface area contributed by atoms with Gasteiger partial charge in [-0.25, -0.2) is 4.99 Å². The zero-order valence-corrected chi connectivity index (χ0v) is 9.17. The number of rotatable bonds is 2. The maximum atomic E-state index is 11.6. The van der Waals surface area contributed by atoms with Crippen LogP contribution in [0.25, 0.3) is 0 Å². The standard InChI is InChI=1S/C9H13N5O3/c1-3(15)6(16)4-2-11-7-5(12-4)8(17)14-9(10)13-7/h3,5,7,11,15H,2H2,1H3,(H3,10,13,14,17). The molecule has 0 aliphatic carbocycles. The number of amides is 1. The molecule has 0 spiro atoms. The smallest absolute Gasteiger partial charge is 0.255 e. The zero-order chi connectivity index (χ0) is 12.6. The second-order valence-electron chi connectivity index (χ2n) is 3.89. The van der Waals surface area contributed by atoms with Crippen LogP contribution >= 0.6 is 0 Å². The van der Waals surface area contributed by atoms with Gasteiger partial charge in [-0.15, -0.1) is 0 Å².